The fraction of sp³-hybridized carbons (Fsp3) is 0.533. The van der Waals surface area contributed by atoms with Crippen LogP contribution in [-0.4, -0.2) is 25.3 Å². The van der Waals surface area contributed by atoms with Gasteiger partial charge in [0.05, 0.1) is 6.10 Å². The lowest BCUT2D eigenvalue weighted by molar-refractivity contribution is 0.130. The van der Waals surface area contributed by atoms with Crippen LogP contribution >= 0.6 is 0 Å². The van der Waals surface area contributed by atoms with Gasteiger partial charge in [0.15, 0.2) is 0 Å². The van der Waals surface area contributed by atoms with Crippen LogP contribution in [0.1, 0.15) is 25.3 Å². The van der Waals surface area contributed by atoms with E-state index in [2.05, 4.69) is 10.6 Å². The molecule has 1 amide bonds. The smallest absolute Gasteiger partial charge is 0.411 e. The zero-order valence-electron chi connectivity index (χ0n) is 12.0. The van der Waals surface area contributed by atoms with Crippen molar-refractivity contribution in [2.75, 3.05) is 18.4 Å². The van der Waals surface area contributed by atoms with E-state index in [1.807, 2.05) is 0 Å². The fourth-order valence-corrected chi connectivity index (χ4v) is 3.18. The highest BCUT2D eigenvalue weighted by atomic mass is 19.1. The molecular formula is C15H18F2N2O2. The quantitative estimate of drug-likeness (QED) is 0.902. The lowest BCUT2D eigenvalue weighted by Gasteiger charge is -2.12. The van der Waals surface area contributed by atoms with E-state index in [9.17, 15) is 13.6 Å². The summed E-state index contributed by atoms with van der Waals surface area (Å²) in [7, 11) is 0. The first-order valence-corrected chi connectivity index (χ1v) is 7.14. The molecule has 114 valence electrons. The molecule has 2 unspecified atom stereocenters. The highest BCUT2D eigenvalue weighted by Crippen LogP contribution is 2.57. The molecule has 1 heterocycles. The summed E-state index contributed by atoms with van der Waals surface area (Å²) in [5, 5.41) is 5.54. The summed E-state index contributed by atoms with van der Waals surface area (Å²) in [6, 6.07) is 2.31. The second-order valence-electron chi connectivity index (χ2n) is 5.94. The van der Waals surface area contributed by atoms with Gasteiger partial charge in [-0.15, -0.1) is 0 Å². The minimum absolute atomic E-state index is 0.0390. The van der Waals surface area contributed by atoms with E-state index in [0.29, 0.717) is 11.8 Å². The number of fused-ring (bicyclic) bond motifs is 1. The third kappa shape index (κ3) is 2.72. The molecule has 1 aromatic carbocycles. The highest BCUT2D eigenvalue weighted by Gasteiger charge is 2.55. The summed E-state index contributed by atoms with van der Waals surface area (Å²) >= 11 is 0. The topological polar surface area (TPSA) is 50.4 Å². The van der Waals surface area contributed by atoms with Crippen LogP contribution < -0.4 is 10.6 Å². The SMILES string of the molecule is CC(C)OC(=O)Nc1cc(F)c(C2C3CNCC32)c(F)c1. The van der Waals surface area contributed by atoms with Crippen molar-refractivity contribution in [2.24, 2.45) is 11.8 Å². The molecule has 21 heavy (non-hydrogen) atoms. The van der Waals surface area contributed by atoms with Crippen molar-refractivity contribution in [1.82, 2.24) is 5.32 Å². The maximum atomic E-state index is 14.2. The standard InChI is InChI=1S/C15H18F2N2O2/c1-7(2)21-15(20)19-8-3-11(16)14(12(17)4-8)13-9-5-18-6-10(9)13/h3-4,7,9-10,13,18H,5-6H2,1-2H3,(H,19,20). The molecule has 1 aromatic rings. The van der Waals surface area contributed by atoms with E-state index in [4.69, 9.17) is 4.74 Å². The van der Waals surface area contributed by atoms with Gasteiger partial charge in [-0.2, -0.15) is 0 Å². The van der Waals surface area contributed by atoms with Gasteiger partial charge in [0.25, 0.3) is 0 Å². The fourth-order valence-electron chi connectivity index (χ4n) is 3.18. The molecular weight excluding hydrogens is 278 g/mol. The average Bonchev–Trinajstić information content (AvgIpc) is 2.80. The second kappa shape index (κ2) is 5.26. The van der Waals surface area contributed by atoms with Crippen LogP contribution in [0.25, 0.3) is 0 Å². The molecule has 2 atom stereocenters. The molecule has 2 aliphatic rings. The summed E-state index contributed by atoms with van der Waals surface area (Å²) in [6.07, 6.45) is -1.01. The number of carbonyl (C=O) groups excluding carboxylic acids is 1. The third-order valence-corrected chi connectivity index (χ3v) is 4.09. The van der Waals surface area contributed by atoms with Gasteiger partial charge in [-0.1, -0.05) is 0 Å². The number of piperidine rings is 1. The Morgan fingerprint density at radius 2 is 1.86 bits per heavy atom. The van der Waals surface area contributed by atoms with Gasteiger partial charge in [0.1, 0.15) is 11.6 Å². The molecule has 1 aliphatic carbocycles. The Morgan fingerprint density at radius 3 is 2.38 bits per heavy atom. The number of ether oxygens (including phenoxy) is 1. The highest BCUT2D eigenvalue weighted by molar-refractivity contribution is 5.84. The zero-order valence-corrected chi connectivity index (χ0v) is 12.0. The molecule has 0 spiro atoms. The number of amides is 1. The maximum absolute atomic E-state index is 14.2. The number of halogens is 2. The number of hydrogen-bond donors (Lipinski definition) is 2. The second-order valence-corrected chi connectivity index (χ2v) is 5.94. The Balaban J connectivity index is 1.75. The van der Waals surface area contributed by atoms with Gasteiger partial charge in [-0.3, -0.25) is 5.32 Å². The molecule has 1 saturated carbocycles. The first-order chi connectivity index (χ1) is 9.97. The number of anilines is 1. The molecule has 2 fully saturated rings. The van der Waals surface area contributed by atoms with Crippen molar-refractivity contribution in [1.29, 1.82) is 0 Å². The van der Waals surface area contributed by atoms with E-state index < -0.39 is 17.7 Å². The summed E-state index contributed by atoms with van der Waals surface area (Å²) in [4.78, 5) is 11.4. The van der Waals surface area contributed by atoms with Crippen LogP contribution in [0.15, 0.2) is 12.1 Å². The van der Waals surface area contributed by atoms with Gasteiger partial charge in [0.2, 0.25) is 0 Å². The summed E-state index contributed by atoms with van der Waals surface area (Å²) < 4.78 is 33.2. The Hall–Kier alpha value is -1.69. The number of benzene rings is 1. The lowest BCUT2D eigenvalue weighted by Crippen LogP contribution is -2.18. The Morgan fingerprint density at radius 1 is 1.29 bits per heavy atom. The first-order valence-electron chi connectivity index (χ1n) is 7.14. The number of hydrogen-bond acceptors (Lipinski definition) is 3. The van der Waals surface area contributed by atoms with E-state index in [1.165, 1.54) is 0 Å². The molecule has 6 heteroatoms. The van der Waals surface area contributed by atoms with Gasteiger partial charge in [0, 0.05) is 11.3 Å². The van der Waals surface area contributed by atoms with Gasteiger partial charge >= 0.3 is 6.09 Å². The van der Waals surface area contributed by atoms with Crippen molar-refractivity contribution < 1.29 is 18.3 Å². The summed E-state index contributed by atoms with van der Waals surface area (Å²) in [6.45, 7) is 5.03. The minimum atomic E-state index is -0.718. The van der Waals surface area contributed by atoms with Crippen LogP contribution in [-0.2, 0) is 4.74 Å². The maximum Gasteiger partial charge on any atom is 0.411 e. The molecule has 1 aliphatic heterocycles. The van der Waals surface area contributed by atoms with Crippen LogP contribution in [0.2, 0.25) is 0 Å². The Labute approximate surface area is 121 Å². The monoisotopic (exact) mass is 296 g/mol. The molecule has 2 N–H and O–H groups in total. The molecule has 0 radical (unpaired) electrons. The normalized spacial score (nSPS) is 26.6. The molecule has 0 aromatic heterocycles. The van der Waals surface area contributed by atoms with E-state index in [1.54, 1.807) is 13.8 Å². The molecule has 4 nitrogen and oxygen atoms in total. The molecule has 3 rings (SSSR count). The average molecular weight is 296 g/mol. The minimum Gasteiger partial charge on any atom is -0.447 e. The van der Waals surface area contributed by atoms with E-state index >= 15 is 0 Å². The van der Waals surface area contributed by atoms with E-state index in [-0.39, 0.29) is 23.3 Å². The molecule has 0 bridgehead atoms. The van der Waals surface area contributed by atoms with Crippen LogP contribution in [0, 0.1) is 23.5 Å². The predicted octanol–water partition coefficient (Wildman–Crippen LogP) is 2.85. The number of nitrogens with one attached hydrogen (secondary N) is 2. The van der Waals surface area contributed by atoms with Crippen molar-refractivity contribution in [3.8, 4) is 0 Å². The van der Waals surface area contributed by atoms with Crippen LogP contribution in [0.3, 0.4) is 0 Å². The largest absolute Gasteiger partial charge is 0.447 e. The predicted molar refractivity (Wildman–Crippen MR) is 74.2 cm³/mol. The lowest BCUT2D eigenvalue weighted by atomic mass is 10.0. The van der Waals surface area contributed by atoms with Gasteiger partial charge < -0.3 is 10.1 Å². The third-order valence-electron chi connectivity index (χ3n) is 4.09. The van der Waals surface area contributed by atoms with Gasteiger partial charge in [-0.05, 0) is 56.8 Å². The van der Waals surface area contributed by atoms with Crippen LogP contribution in [0.4, 0.5) is 19.3 Å². The number of rotatable bonds is 3. The Kier molecular flexibility index (Phi) is 3.57. The van der Waals surface area contributed by atoms with Crippen molar-refractivity contribution in [3.05, 3.63) is 29.3 Å². The van der Waals surface area contributed by atoms with E-state index in [0.717, 1.165) is 25.2 Å². The van der Waals surface area contributed by atoms with Crippen molar-refractivity contribution in [2.45, 2.75) is 25.9 Å². The van der Waals surface area contributed by atoms with Crippen LogP contribution in [0.5, 0.6) is 0 Å². The van der Waals surface area contributed by atoms with Crippen molar-refractivity contribution in [3.63, 3.8) is 0 Å². The van der Waals surface area contributed by atoms with Gasteiger partial charge in [-0.25, -0.2) is 13.6 Å². The summed E-state index contributed by atoms with van der Waals surface area (Å²) in [5.74, 6) is -0.580. The Bertz CT molecular complexity index is 544. The van der Waals surface area contributed by atoms with Crippen molar-refractivity contribution >= 4 is 11.8 Å². The molecule has 1 saturated heterocycles. The summed E-state index contributed by atoms with van der Waals surface area (Å²) in [5.41, 5.74) is 0.220. The zero-order chi connectivity index (χ0) is 15.1. The first kappa shape index (κ1) is 14.3. The number of carbonyl (C=O) groups is 1.